The Hall–Kier alpha value is -2.80. The zero-order valence-electron chi connectivity index (χ0n) is 11.8. The molecule has 0 unspecified atom stereocenters. The highest BCUT2D eigenvalue weighted by molar-refractivity contribution is 6.02. The molecule has 0 saturated carbocycles. The quantitative estimate of drug-likeness (QED) is 0.515. The van der Waals surface area contributed by atoms with Gasteiger partial charge >= 0.3 is 0 Å². The molecule has 4 nitrogen and oxygen atoms in total. The lowest BCUT2D eigenvalue weighted by atomic mass is 10.1. The number of oxime groups is 1. The first-order valence-electron chi connectivity index (χ1n) is 6.71. The lowest BCUT2D eigenvalue weighted by molar-refractivity contribution is 0.302. The number of benzene rings is 2. The fraction of sp³-hybridized carbons (Fsp3) is 0.176. The van der Waals surface area contributed by atoms with E-state index in [1.807, 2.05) is 49.4 Å². The van der Waals surface area contributed by atoms with Crippen LogP contribution in [0, 0.1) is 11.3 Å². The third kappa shape index (κ3) is 3.40. The standard InChI is InChI=1S/C17H16N2O2/c1-2-16(19-20)15-9-5-6-10-17(15)21-12-14-8-4-3-7-13(14)11-18/h3-10,20H,2,12H2,1H3/b19-16+. The van der Waals surface area contributed by atoms with E-state index in [0.717, 1.165) is 11.1 Å². The van der Waals surface area contributed by atoms with Gasteiger partial charge in [0.25, 0.3) is 0 Å². The average Bonchev–Trinajstić information content (AvgIpc) is 2.55. The highest BCUT2D eigenvalue weighted by Crippen LogP contribution is 2.22. The summed E-state index contributed by atoms with van der Waals surface area (Å²) in [4.78, 5) is 0. The molecule has 0 fully saturated rings. The van der Waals surface area contributed by atoms with E-state index in [0.29, 0.717) is 30.1 Å². The number of rotatable bonds is 5. The smallest absolute Gasteiger partial charge is 0.128 e. The van der Waals surface area contributed by atoms with Gasteiger partial charge in [0.15, 0.2) is 0 Å². The number of hydrogen-bond donors (Lipinski definition) is 1. The maximum absolute atomic E-state index is 9.08. The van der Waals surface area contributed by atoms with Gasteiger partial charge in [0, 0.05) is 11.1 Å². The van der Waals surface area contributed by atoms with Gasteiger partial charge in [-0.3, -0.25) is 0 Å². The summed E-state index contributed by atoms with van der Waals surface area (Å²) in [5, 5.41) is 21.4. The predicted molar refractivity (Wildman–Crippen MR) is 80.5 cm³/mol. The Morgan fingerprint density at radius 3 is 2.62 bits per heavy atom. The molecule has 0 aliphatic rings. The van der Waals surface area contributed by atoms with Gasteiger partial charge in [-0.2, -0.15) is 5.26 Å². The van der Waals surface area contributed by atoms with Crippen LogP contribution in [0.15, 0.2) is 53.7 Å². The fourth-order valence-electron chi connectivity index (χ4n) is 2.06. The summed E-state index contributed by atoms with van der Waals surface area (Å²) in [6.07, 6.45) is 0.603. The van der Waals surface area contributed by atoms with Crippen LogP contribution in [0.2, 0.25) is 0 Å². The van der Waals surface area contributed by atoms with Crippen molar-refractivity contribution in [3.05, 3.63) is 65.2 Å². The van der Waals surface area contributed by atoms with Crippen LogP contribution in [-0.4, -0.2) is 10.9 Å². The zero-order valence-corrected chi connectivity index (χ0v) is 11.8. The van der Waals surface area contributed by atoms with Gasteiger partial charge in [-0.25, -0.2) is 0 Å². The van der Waals surface area contributed by atoms with Crippen LogP contribution in [-0.2, 0) is 6.61 Å². The first-order valence-corrected chi connectivity index (χ1v) is 6.71. The van der Waals surface area contributed by atoms with Crippen LogP contribution < -0.4 is 4.74 Å². The Balaban J connectivity index is 2.23. The number of nitriles is 1. The molecule has 0 aliphatic heterocycles. The minimum atomic E-state index is 0.295. The molecule has 0 aromatic heterocycles. The molecular formula is C17H16N2O2. The Kier molecular flexibility index (Phi) is 4.94. The second kappa shape index (κ2) is 7.11. The number of hydrogen-bond acceptors (Lipinski definition) is 4. The van der Waals surface area contributed by atoms with Crippen molar-refractivity contribution in [1.29, 1.82) is 5.26 Å². The molecule has 0 aliphatic carbocycles. The largest absolute Gasteiger partial charge is 0.488 e. The number of nitrogens with zero attached hydrogens (tertiary/aromatic N) is 2. The molecule has 21 heavy (non-hydrogen) atoms. The van der Waals surface area contributed by atoms with Crippen LogP contribution in [0.5, 0.6) is 5.75 Å². The second-order valence-electron chi connectivity index (χ2n) is 4.45. The van der Waals surface area contributed by atoms with Gasteiger partial charge in [-0.1, -0.05) is 42.4 Å². The lowest BCUT2D eigenvalue weighted by Crippen LogP contribution is -2.05. The van der Waals surface area contributed by atoms with E-state index in [2.05, 4.69) is 11.2 Å². The maximum Gasteiger partial charge on any atom is 0.128 e. The summed E-state index contributed by atoms with van der Waals surface area (Å²) >= 11 is 0. The minimum absolute atomic E-state index is 0.295. The average molecular weight is 280 g/mol. The van der Waals surface area contributed by atoms with E-state index < -0.39 is 0 Å². The fourth-order valence-corrected chi connectivity index (χ4v) is 2.06. The third-order valence-electron chi connectivity index (χ3n) is 3.17. The Labute approximate surface area is 123 Å². The topological polar surface area (TPSA) is 65.6 Å². The molecule has 0 atom stereocenters. The Bertz CT molecular complexity index is 687. The van der Waals surface area contributed by atoms with Crippen LogP contribution in [0.3, 0.4) is 0 Å². The van der Waals surface area contributed by atoms with E-state index in [9.17, 15) is 0 Å². The predicted octanol–water partition coefficient (Wildman–Crippen LogP) is 3.73. The molecule has 4 heteroatoms. The van der Waals surface area contributed by atoms with Gasteiger partial charge in [0.05, 0.1) is 17.3 Å². The van der Waals surface area contributed by atoms with Crippen LogP contribution >= 0.6 is 0 Å². The minimum Gasteiger partial charge on any atom is -0.488 e. The van der Waals surface area contributed by atoms with E-state index in [1.165, 1.54) is 0 Å². The Morgan fingerprint density at radius 1 is 1.19 bits per heavy atom. The molecule has 2 aromatic carbocycles. The molecule has 2 aromatic rings. The third-order valence-corrected chi connectivity index (χ3v) is 3.17. The number of para-hydroxylation sites is 1. The molecule has 0 amide bonds. The van der Waals surface area contributed by atoms with Gasteiger partial charge < -0.3 is 9.94 Å². The molecule has 0 saturated heterocycles. The van der Waals surface area contributed by atoms with Gasteiger partial charge in [-0.15, -0.1) is 0 Å². The molecule has 0 bridgehead atoms. The summed E-state index contributed by atoms with van der Waals surface area (Å²) in [6.45, 7) is 2.21. The Morgan fingerprint density at radius 2 is 1.90 bits per heavy atom. The normalized spacial score (nSPS) is 11.0. The monoisotopic (exact) mass is 280 g/mol. The SMILES string of the molecule is CC/C(=N\O)c1ccccc1OCc1ccccc1C#N. The molecule has 0 heterocycles. The van der Waals surface area contributed by atoms with Crippen molar-refractivity contribution in [2.45, 2.75) is 20.0 Å². The summed E-state index contributed by atoms with van der Waals surface area (Å²) < 4.78 is 5.81. The maximum atomic E-state index is 9.08. The van der Waals surface area contributed by atoms with E-state index in [1.54, 1.807) is 6.07 Å². The van der Waals surface area contributed by atoms with Crippen molar-refractivity contribution < 1.29 is 9.94 Å². The van der Waals surface area contributed by atoms with E-state index >= 15 is 0 Å². The van der Waals surface area contributed by atoms with Gasteiger partial charge in [0.2, 0.25) is 0 Å². The van der Waals surface area contributed by atoms with Crippen molar-refractivity contribution in [3.63, 3.8) is 0 Å². The van der Waals surface area contributed by atoms with E-state index in [4.69, 9.17) is 15.2 Å². The summed E-state index contributed by atoms with van der Waals surface area (Å²) in [5.74, 6) is 0.639. The van der Waals surface area contributed by atoms with E-state index in [-0.39, 0.29) is 0 Å². The summed E-state index contributed by atoms with van der Waals surface area (Å²) in [7, 11) is 0. The van der Waals surface area contributed by atoms with Crippen molar-refractivity contribution in [3.8, 4) is 11.8 Å². The molecular weight excluding hydrogens is 264 g/mol. The number of ether oxygens (including phenoxy) is 1. The lowest BCUT2D eigenvalue weighted by Gasteiger charge is -2.12. The summed E-state index contributed by atoms with van der Waals surface area (Å²) in [6, 6.07) is 16.9. The molecule has 106 valence electrons. The molecule has 2 rings (SSSR count). The van der Waals surface area contributed by atoms with Crippen molar-refractivity contribution in [1.82, 2.24) is 0 Å². The highest BCUT2D eigenvalue weighted by Gasteiger charge is 2.10. The first kappa shape index (κ1) is 14.6. The van der Waals surface area contributed by atoms with Gasteiger partial charge in [-0.05, 0) is 24.6 Å². The first-order chi connectivity index (χ1) is 10.3. The van der Waals surface area contributed by atoms with Crippen molar-refractivity contribution in [2.75, 3.05) is 0 Å². The zero-order chi connectivity index (χ0) is 15.1. The highest BCUT2D eigenvalue weighted by atomic mass is 16.5. The molecule has 0 radical (unpaired) electrons. The summed E-state index contributed by atoms with van der Waals surface area (Å²) in [5.41, 5.74) is 2.76. The van der Waals surface area contributed by atoms with Crippen molar-refractivity contribution in [2.24, 2.45) is 5.16 Å². The van der Waals surface area contributed by atoms with Crippen LogP contribution in [0.4, 0.5) is 0 Å². The van der Waals surface area contributed by atoms with Crippen LogP contribution in [0.1, 0.15) is 30.0 Å². The molecule has 0 spiro atoms. The van der Waals surface area contributed by atoms with Gasteiger partial charge in [0.1, 0.15) is 12.4 Å². The van der Waals surface area contributed by atoms with Crippen LogP contribution in [0.25, 0.3) is 0 Å². The van der Waals surface area contributed by atoms with Crippen molar-refractivity contribution >= 4 is 5.71 Å². The molecule has 1 N–H and O–H groups in total. The second-order valence-corrected chi connectivity index (χ2v) is 4.45.